The molecule has 3 saturated heterocycles. The van der Waals surface area contributed by atoms with Gasteiger partial charge in [-0.05, 0) is 50.4 Å². The van der Waals surface area contributed by atoms with Crippen molar-refractivity contribution in [3.8, 4) is 0 Å². The van der Waals surface area contributed by atoms with Crippen LogP contribution in [0.1, 0.15) is 39.0 Å². The van der Waals surface area contributed by atoms with Crippen molar-refractivity contribution in [1.82, 2.24) is 10.2 Å². The van der Waals surface area contributed by atoms with E-state index in [1.165, 1.54) is 57.5 Å². The average Bonchev–Trinajstić information content (AvgIpc) is 2.79. The Kier molecular flexibility index (Phi) is 3.98. The smallest absolute Gasteiger partial charge is 0.0227 e. The number of nitrogens with zero attached hydrogens (tertiary/aromatic N) is 1. The molecule has 0 amide bonds. The molecule has 2 bridgehead atoms. The van der Waals surface area contributed by atoms with Crippen LogP contribution in [-0.4, -0.2) is 47.6 Å². The van der Waals surface area contributed by atoms with Crippen LogP contribution in [0.15, 0.2) is 0 Å². The summed E-state index contributed by atoms with van der Waals surface area (Å²) >= 11 is 2.18. The number of fused-ring (bicyclic) bond motifs is 3. The summed E-state index contributed by atoms with van der Waals surface area (Å²) in [5.74, 6) is 2.26. The second kappa shape index (κ2) is 5.50. The first-order chi connectivity index (χ1) is 8.36. The Morgan fingerprint density at radius 1 is 1.12 bits per heavy atom. The molecule has 1 aliphatic carbocycles. The molecule has 2 nitrogen and oxygen atoms in total. The Hall–Kier alpha value is 0.270. The van der Waals surface area contributed by atoms with Gasteiger partial charge < -0.3 is 10.2 Å². The van der Waals surface area contributed by atoms with E-state index >= 15 is 0 Å². The summed E-state index contributed by atoms with van der Waals surface area (Å²) in [6.45, 7) is 6.35. The standard InChI is InChI=1S/C14H26N2S/c1-2-17-14-5-3-4-12(14)15-13-10-16-8-6-11(13)7-9-16/h11-15H,2-10H2,1H3. The lowest BCUT2D eigenvalue weighted by atomic mass is 9.83. The van der Waals surface area contributed by atoms with Crippen molar-refractivity contribution < 1.29 is 0 Å². The van der Waals surface area contributed by atoms with Gasteiger partial charge in [0.05, 0.1) is 0 Å². The number of thioether (sulfide) groups is 1. The Balaban J connectivity index is 1.55. The highest BCUT2D eigenvalue weighted by Crippen LogP contribution is 2.33. The largest absolute Gasteiger partial charge is 0.309 e. The van der Waals surface area contributed by atoms with E-state index in [-0.39, 0.29) is 0 Å². The van der Waals surface area contributed by atoms with Gasteiger partial charge in [-0.15, -0.1) is 0 Å². The molecule has 4 aliphatic rings. The average molecular weight is 254 g/mol. The molecule has 0 aromatic rings. The molecule has 1 saturated carbocycles. The van der Waals surface area contributed by atoms with Gasteiger partial charge in [-0.25, -0.2) is 0 Å². The van der Waals surface area contributed by atoms with E-state index in [2.05, 4.69) is 28.9 Å². The van der Waals surface area contributed by atoms with E-state index < -0.39 is 0 Å². The molecule has 0 aromatic carbocycles. The number of hydrogen-bond acceptors (Lipinski definition) is 3. The summed E-state index contributed by atoms with van der Waals surface area (Å²) in [6.07, 6.45) is 7.18. The second-order valence-corrected chi connectivity index (χ2v) is 7.46. The first-order valence-corrected chi connectivity index (χ1v) is 8.51. The lowest BCUT2D eigenvalue weighted by molar-refractivity contribution is 0.0676. The molecule has 4 rings (SSSR count). The summed E-state index contributed by atoms with van der Waals surface area (Å²) in [4.78, 5) is 2.66. The Labute approximate surface area is 110 Å². The van der Waals surface area contributed by atoms with Crippen LogP contribution < -0.4 is 5.32 Å². The molecular formula is C14H26N2S. The quantitative estimate of drug-likeness (QED) is 0.829. The molecule has 98 valence electrons. The Morgan fingerprint density at radius 2 is 1.94 bits per heavy atom. The van der Waals surface area contributed by atoms with E-state index in [1.807, 2.05) is 0 Å². The molecule has 0 spiro atoms. The predicted molar refractivity (Wildman–Crippen MR) is 75.6 cm³/mol. The minimum absolute atomic E-state index is 0.806. The summed E-state index contributed by atoms with van der Waals surface area (Å²) < 4.78 is 0. The zero-order valence-corrected chi connectivity index (χ0v) is 11.8. The van der Waals surface area contributed by atoms with Crippen LogP contribution in [-0.2, 0) is 0 Å². The topological polar surface area (TPSA) is 15.3 Å². The number of nitrogens with one attached hydrogen (secondary N) is 1. The summed E-state index contributed by atoms with van der Waals surface area (Å²) in [5, 5.41) is 4.92. The van der Waals surface area contributed by atoms with Crippen LogP contribution in [0.3, 0.4) is 0 Å². The molecule has 3 atom stereocenters. The summed E-state index contributed by atoms with van der Waals surface area (Å²) in [6, 6.07) is 1.62. The zero-order valence-electron chi connectivity index (χ0n) is 11.0. The Bertz CT molecular complexity index is 251. The van der Waals surface area contributed by atoms with Gasteiger partial charge in [0, 0.05) is 23.9 Å². The van der Waals surface area contributed by atoms with Crippen LogP contribution in [0, 0.1) is 5.92 Å². The van der Waals surface area contributed by atoms with Crippen molar-refractivity contribution in [2.75, 3.05) is 25.4 Å². The fourth-order valence-corrected chi connectivity index (χ4v) is 5.17. The first-order valence-electron chi connectivity index (χ1n) is 7.47. The van der Waals surface area contributed by atoms with E-state index in [0.717, 1.165) is 23.3 Å². The van der Waals surface area contributed by atoms with Crippen molar-refractivity contribution >= 4 is 11.8 Å². The van der Waals surface area contributed by atoms with Crippen molar-refractivity contribution in [3.63, 3.8) is 0 Å². The van der Waals surface area contributed by atoms with E-state index in [4.69, 9.17) is 0 Å². The molecule has 1 N–H and O–H groups in total. The van der Waals surface area contributed by atoms with Gasteiger partial charge in [0.2, 0.25) is 0 Å². The molecule has 4 fully saturated rings. The molecule has 3 heterocycles. The highest BCUT2D eigenvalue weighted by molar-refractivity contribution is 7.99. The molecule has 17 heavy (non-hydrogen) atoms. The summed E-state index contributed by atoms with van der Waals surface area (Å²) in [7, 11) is 0. The van der Waals surface area contributed by atoms with Crippen LogP contribution in [0.2, 0.25) is 0 Å². The van der Waals surface area contributed by atoms with Crippen molar-refractivity contribution in [3.05, 3.63) is 0 Å². The van der Waals surface area contributed by atoms with Crippen LogP contribution in [0.5, 0.6) is 0 Å². The van der Waals surface area contributed by atoms with Crippen LogP contribution in [0.25, 0.3) is 0 Å². The van der Waals surface area contributed by atoms with Crippen LogP contribution >= 0.6 is 11.8 Å². The number of hydrogen-bond donors (Lipinski definition) is 1. The highest BCUT2D eigenvalue weighted by atomic mass is 32.2. The Morgan fingerprint density at radius 3 is 2.59 bits per heavy atom. The van der Waals surface area contributed by atoms with Gasteiger partial charge >= 0.3 is 0 Å². The second-order valence-electron chi connectivity index (χ2n) is 5.94. The molecule has 0 radical (unpaired) electrons. The van der Waals surface area contributed by atoms with Gasteiger partial charge in [-0.2, -0.15) is 11.8 Å². The van der Waals surface area contributed by atoms with Gasteiger partial charge in [-0.1, -0.05) is 13.3 Å². The third-order valence-corrected chi connectivity index (χ3v) is 6.24. The lowest BCUT2D eigenvalue weighted by Crippen LogP contribution is -2.58. The zero-order chi connectivity index (χ0) is 11.7. The first kappa shape index (κ1) is 12.3. The van der Waals surface area contributed by atoms with Gasteiger partial charge in [0.15, 0.2) is 0 Å². The van der Waals surface area contributed by atoms with Gasteiger partial charge in [0.1, 0.15) is 0 Å². The van der Waals surface area contributed by atoms with Gasteiger partial charge in [0.25, 0.3) is 0 Å². The number of rotatable bonds is 4. The third kappa shape index (κ3) is 2.66. The third-order valence-electron chi connectivity index (χ3n) is 4.92. The maximum absolute atomic E-state index is 4.02. The fraction of sp³-hybridized carbons (Fsp3) is 1.00. The molecule has 3 aliphatic heterocycles. The maximum atomic E-state index is 4.02. The van der Waals surface area contributed by atoms with E-state index in [9.17, 15) is 0 Å². The predicted octanol–water partition coefficient (Wildman–Crippen LogP) is 2.34. The van der Waals surface area contributed by atoms with Crippen molar-refractivity contribution in [1.29, 1.82) is 0 Å². The minimum Gasteiger partial charge on any atom is -0.309 e. The van der Waals surface area contributed by atoms with Crippen molar-refractivity contribution in [2.45, 2.75) is 56.4 Å². The monoisotopic (exact) mass is 254 g/mol. The lowest BCUT2D eigenvalue weighted by Gasteiger charge is -2.46. The maximum Gasteiger partial charge on any atom is 0.0227 e. The number of piperidine rings is 3. The van der Waals surface area contributed by atoms with E-state index in [0.29, 0.717) is 0 Å². The SMILES string of the molecule is CCSC1CCCC1NC1CN2CCC1CC2. The van der Waals surface area contributed by atoms with Crippen molar-refractivity contribution in [2.24, 2.45) is 5.92 Å². The van der Waals surface area contributed by atoms with Crippen LogP contribution in [0.4, 0.5) is 0 Å². The minimum atomic E-state index is 0.806. The molecule has 3 unspecified atom stereocenters. The van der Waals surface area contributed by atoms with Gasteiger partial charge in [-0.3, -0.25) is 0 Å². The normalized spacial score (nSPS) is 45.4. The highest BCUT2D eigenvalue weighted by Gasteiger charge is 2.37. The molecule has 0 aromatic heterocycles. The molecule has 3 heteroatoms. The summed E-state index contributed by atoms with van der Waals surface area (Å²) in [5.41, 5.74) is 0. The fourth-order valence-electron chi connectivity index (χ4n) is 3.96. The molecular weight excluding hydrogens is 228 g/mol. The van der Waals surface area contributed by atoms with E-state index in [1.54, 1.807) is 0 Å².